The van der Waals surface area contributed by atoms with Gasteiger partial charge in [0.1, 0.15) is 0 Å². The van der Waals surface area contributed by atoms with Crippen LogP contribution in [-0.4, -0.2) is 80.9 Å². The van der Waals surface area contributed by atoms with E-state index in [1.165, 1.54) is 18.8 Å². The van der Waals surface area contributed by atoms with Crippen LogP contribution in [0.15, 0.2) is 36.7 Å². The van der Waals surface area contributed by atoms with Gasteiger partial charge < -0.3 is 0 Å². The molecule has 0 saturated carbocycles. The summed E-state index contributed by atoms with van der Waals surface area (Å²) in [4.78, 5) is 25.7. The molecule has 2 aromatic carbocycles. The average molecular weight is 574 g/mol. The summed E-state index contributed by atoms with van der Waals surface area (Å²) < 4.78 is 27.5. The number of rotatable bonds is 5. The molecular formula is C26H28AsClFN4O3. The molecule has 36 heavy (non-hydrogen) atoms. The summed E-state index contributed by atoms with van der Waals surface area (Å²) in [5.41, 5.74) is 0.759. The molecular weight excluding hydrogens is 546 g/mol. The zero-order valence-electron chi connectivity index (χ0n) is 20.1. The number of urea groups is 1. The van der Waals surface area contributed by atoms with Crippen molar-refractivity contribution in [1.29, 1.82) is 0 Å². The fourth-order valence-electron chi connectivity index (χ4n) is 4.70. The number of fused-ring (bicyclic) bond motifs is 1. The summed E-state index contributed by atoms with van der Waals surface area (Å²) in [6.07, 6.45) is 6.44. The van der Waals surface area contributed by atoms with Gasteiger partial charge in [-0.3, -0.25) is 0 Å². The van der Waals surface area contributed by atoms with Crippen LogP contribution in [-0.2, 0) is 0 Å². The van der Waals surface area contributed by atoms with Crippen LogP contribution in [0.25, 0.3) is 10.9 Å². The van der Waals surface area contributed by atoms with Crippen molar-refractivity contribution in [3.8, 4) is 11.5 Å². The van der Waals surface area contributed by atoms with Crippen LogP contribution >= 0.6 is 11.6 Å². The number of hydrogen-bond acceptors (Lipinski definition) is 5. The number of nitrogens with zero attached hydrogens (tertiary/aromatic N) is 4. The molecule has 2 aliphatic heterocycles. The van der Waals surface area contributed by atoms with Crippen molar-refractivity contribution in [3.05, 3.63) is 47.5 Å². The second kappa shape index (κ2) is 11.2. The minimum absolute atomic E-state index is 0.0148. The molecule has 2 amide bonds. The third-order valence-electron chi connectivity index (χ3n) is 6.67. The molecule has 1 radical (unpaired) electrons. The number of piperidine rings is 2. The number of ether oxygens (including phenoxy) is 2. The molecule has 3 heterocycles. The SMILES string of the molecule is COc1cc2ncnc([As]c3ccc(F)c(Cl)c3)c2cc1OC1CCN(C(=O)N2CCCCC2)CC1. The first-order valence-electron chi connectivity index (χ1n) is 12.2. The van der Waals surface area contributed by atoms with Crippen molar-refractivity contribution >= 4 is 53.1 Å². The van der Waals surface area contributed by atoms with Crippen molar-refractivity contribution < 1.29 is 18.7 Å². The molecule has 2 fully saturated rings. The monoisotopic (exact) mass is 573 g/mol. The Morgan fingerprint density at radius 3 is 2.50 bits per heavy atom. The van der Waals surface area contributed by atoms with Gasteiger partial charge in [0.15, 0.2) is 0 Å². The second-order valence-corrected chi connectivity index (χ2v) is 11.9. The fraction of sp³-hybridized carbons (Fsp3) is 0.423. The number of halogens is 2. The Labute approximate surface area is 221 Å². The van der Waals surface area contributed by atoms with Crippen molar-refractivity contribution in [2.75, 3.05) is 33.3 Å². The van der Waals surface area contributed by atoms with Crippen molar-refractivity contribution in [3.63, 3.8) is 0 Å². The van der Waals surface area contributed by atoms with Crippen molar-refractivity contribution in [2.45, 2.75) is 38.2 Å². The Morgan fingerprint density at radius 2 is 1.78 bits per heavy atom. The second-order valence-electron chi connectivity index (χ2n) is 9.06. The first kappa shape index (κ1) is 25.1. The van der Waals surface area contributed by atoms with Gasteiger partial charge in [-0.2, -0.15) is 0 Å². The molecule has 0 N–H and O–H groups in total. The van der Waals surface area contributed by atoms with Crippen LogP contribution in [0.5, 0.6) is 11.5 Å². The van der Waals surface area contributed by atoms with Crippen LogP contribution in [0.3, 0.4) is 0 Å². The van der Waals surface area contributed by atoms with Gasteiger partial charge in [0.25, 0.3) is 0 Å². The van der Waals surface area contributed by atoms with Crippen LogP contribution in [0.4, 0.5) is 9.18 Å². The Morgan fingerprint density at radius 1 is 1.03 bits per heavy atom. The predicted molar refractivity (Wildman–Crippen MR) is 139 cm³/mol. The molecule has 0 spiro atoms. The first-order valence-corrected chi connectivity index (χ1v) is 14.5. The topological polar surface area (TPSA) is 67.8 Å². The Balaban J connectivity index is 1.31. The molecule has 0 aliphatic carbocycles. The van der Waals surface area contributed by atoms with Crippen LogP contribution in [0.1, 0.15) is 32.1 Å². The van der Waals surface area contributed by atoms with Gasteiger partial charge in [-0.25, -0.2) is 0 Å². The van der Waals surface area contributed by atoms with E-state index in [1.54, 1.807) is 19.2 Å². The third kappa shape index (κ3) is 5.55. The van der Waals surface area contributed by atoms with E-state index in [2.05, 4.69) is 9.97 Å². The predicted octanol–water partition coefficient (Wildman–Crippen LogP) is 3.54. The van der Waals surface area contributed by atoms with Gasteiger partial charge in [0.05, 0.1) is 0 Å². The summed E-state index contributed by atoms with van der Waals surface area (Å²) in [5, 5.41) is 0.989. The van der Waals surface area contributed by atoms with E-state index in [9.17, 15) is 9.18 Å². The van der Waals surface area contributed by atoms with E-state index < -0.39 is 21.6 Å². The molecule has 0 bridgehead atoms. The Bertz CT molecular complexity index is 1250. The normalized spacial score (nSPS) is 17.2. The molecule has 0 unspecified atom stereocenters. The molecule has 2 saturated heterocycles. The third-order valence-corrected chi connectivity index (χ3v) is 9.28. The summed E-state index contributed by atoms with van der Waals surface area (Å²) in [6.45, 7) is 3.08. The number of carbonyl (C=O) groups is 1. The van der Waals surface area contributed by atoms with E-state index in [0.29, 0.717) is 24.6 Å². The van der Waals surface area contributed by atoms with Crippen LogP contribution in [0.2, 0.25) is 5.02 Å². The first-order chi connectivity index (χ1) is 17.5. The molecule has 1 aromatic heterocycles. The Kier molecular flexibility index (Phi) is 7.82. The Hall–Kier alpha value is -2.57. The van der Waals surface area contributed by atoms with Crippen molar-refractivity contribution in [1.82, 2.24) is 19.8 Å². The average Bonchev–Trinajstić information content (AvgIpc) is 2.91. The molecule has 10 heteroatoms. The zero-order chi connectivity index (χ0) is 25.1. The standard InChI is InChI=1S/C26H28AsClFN4O3/c1-35-23-15-22-19(25(31-16-30-22)27-17-5-6-21(29)20(28)13-17)14-24(23)36-18-7-11-33(12-8-18)26(34)32-9-3-2-4-10-32/h5-6,13-16,18H,2-4,7-12H2,1H3. The van der Waals surface area contributed by atoms with Crippen LogP contribution < -0.4 is 18.3 Å². The molecule has 7 nitrogen and oxygen atoms in total. The number of methoxy groups -OCH3 is 1. The summed E-state index contributed by atoms with van der Waals surface area (Å²) >= 11 is 5.45. The van der Waals surface area contributed by atoms with Crippen LogP contribution in [0, 0.1) is 5.82 Å². The van der Waals surface area contributed by atoms with E-state index in [4.69, 9.17) is 21.1 Å². The van der Waals surface area contributed by atoms with Gasteiger partial charge in [-0.1, -0.05) is 0 Å². The number of aromatic nitrogens is 2. The number of carbonyl (C=O) groups excluding carboxylic acids is 1. The zero-order valence-corrected chi connectivity index (χ0v) is 22.8. The quantitative estimate of drug-likeness (QED) is 0.437. The molecule has 3 aromatic rings. The number of amides is 2. The minimum atomic E-state index is -0.543. The van der Waals surface area contributed by atoms with Gasteiger partial charge >= 0.3 is 203 Å². The molecule has 2 aliphatic rings. The summed E-state index contributed by atoms with van der Waals surface area (Å²) in [7, 11) is 1.61. The molecule has 189 valence electrons. The molecule has 5 rings (SSSR count). The van der Waals surface area contributed by atoms with E-state index in [1.807, 2.05) is 21.9 Å². The van der Waals surface area contributed by atoms with Crippen molar-refractivity contribution in [2.24, 2.45) is 0 Å². The summed E-state index contributed by atoms with van der Waals surface area (Å²) in [5.74, 6) is 0.818. The van der Waals surface area contributed by atoms with Gasteiger partial charge in [-0.15, -0.1) is 0 Å². The summed E-state index contributed by atoms with van der Waals surface area (Å²) in [6, 6.07) is 8.75. The number of hydrogen-bond donors (Lipinski definition) is 0. The maximum atomic E-state index is 13.6. The maximum absolute atomic E-state index is 13.6. The fourth-order valence-corrected chi connectivity index (χ4v) is 7.13. The van der Waals surface area contributed by atoms with E-state index >= 15 is 0 Å². The molecule has 0 atom stereocenters. The number of benzene rings is 2. The van der Waals surface area contributed by atoms with Gasteiger partial charge in [-0.05, 0) is 19.3 Å². The van der Waals surface area contributed by atoms with Gasteiger partial charge in [0, 0.05) is 0 Å². The van der Waals surface area contributed by atoms with Gasteiger partial charge in [0.2, 0.25) is 0 Å². The van der Waals surface area contributed by atoms with E-state index in [0.717, 1.165) is 58.5 Å². The number of likely N-dealkylation sites (tertiary alicyclic amines) is 2. The van der Waals surface area contributed by atoms with E-state index in [-0.39, 0.29) is 17.2 Å².